The maximum atomic E-state index is 12.3. The zero-order valence-corrected chi connectivity index (χ0v) is 14.5. The van der Waals surface area contributed by atoms with Crippen LogP contribution in [0.1, 0.15) is 57.6 Å². The Hall–Kier alpha value is -2.08. The Kier molecular flexibility index (Phi) is 7.71. The molecule has 0 aromatic heterocycles. The predicted molar refractivity (Wildman–Crippen MR) is 90.9 cm³/mol. The van der Waals surface area contributed by atoms with Crippen LogP contribution in [0.2, 0.25) is 0 Å². The molecule has 0 saturated carbocycles. The molecule has 0 spiro atoms. The molecule has 134 valence electrons. The summed E-state index contributed by atoms with van der Waals surface area (Å²) in [4.78, 5) is 23.8. The summed E-state index contributed by atoms with van der Waals surface area (Å²) in [6.45, 7) is 3.88. The number of aliphatic hydroxyl groups is 1. The molecule has 24 heavy (non-hydrogen) atoms. The first-order valence-corrected chi connectivity index (χ1v) is 8.23. The van der Waals surface area contributed by atoms with E-state index in [2.05, 4.69) is 5.32 Å². The average molecular weight is 337 g/mol. The minimum absolute atomic E-state index is 0.103. The van der Waals surface area contributed by atoms with Crippen LogP contribution < -0.4 is 10.1 Å². The van der Waals surface area contributed by atoms with Crippen molar-refractivity contribution in [2.75, 3.05) is 7.11 Å². The van der Waals surface area contributed by atoms with E-state index in [-0.39, 0.29) is 6.42 Å². The molecule has 0 aliphatic heterocycles. The first-order valence-electron chi connectivity index (χ1n) is 8.23. The number of benzene rings is 1. The van der Waals surface area contributed by atoms with Crippen molar-refractivity contribution in [2.45, 2.75) is 57.6 Å². The zero-order chi connectivity index (χ0) is 18.2. The third-order valence-electron chi connectivity index (χ3n) is 3.92. The molecule has 1 atom stereocenters. The Morgan fingerprint density at radius 1 is 1.17 bits per heavy atom. The Morgan fingerprint density at radius 3 is 2.12 bits per heavy atom. The third-order valence-corrected chi connectivity index (χ3v) is 3.92. The first-order chi connectivity index (χ1) is 11.3. The molecular weight excluding hydrogens is 310 g/mol. The zero-order valence-electron chi connectivity index (χ0n) is 14.5. The molecule has 0 saturated heterocycles. The maximum Gasteiger partial charge on any atom is 0.330 e. The number of aliphatic carboxylic acids is 1. The van der Waals surface area contributed by atoms with Crippen molar-refractivity contribution in [3.63, 3.8) is 0 Å². The lowest BCUT2D eigenvalue weighted by atomic mass is 9.89. The van der Waals surface area contributed by atoms with Crippen molar-refractivity contribution in [2.24, 2.45) is 0 Å². The van der Waals surface area contributed by atoms with Crippen LogP contribution in [0.4, 0.5) is 0 Å². The Balaban J connectivity index is 2.83. The summed E-state index contributed by atoms with van der Waals surface area (Å²) in [5.41, 5.74) is -0.637. The van der Waals surface area contributed by atoms with E-state index in [9.17, 15) is 19.8 Å². The second kappa shape index (κ2) is 9.27. The van der Waals surface area contributed by atoms with E-state index >= 15 is 0 Å². The van der Waals surface area contributed by atoms with Crippen molar-refractivity contribution in [1.29, 1.82) is 0 Å². The number of nitrogens with one attached hydrogen (secondary N) is 1. The van der Waals surface area contributed by atoms with Crippen molar-refractivity contribution in [3.05, 3.63) is 29.8 Å². The summed E-state index contributed by atoms with van der Waals surface area (Å²) in [5.74, 6) is -1.01. The molecule has 6 nitrogen and oxygen atoms in total. The molecule has 0 aliphatic carbocycles. The molecule has 0 fully saturated rings. The number of methoxy groups -OCH3 is 1. The monoisotopic (exact) mass is 337 g/mol. The molecular formula is C18H27NO5. The quantitative estimate of drug-likeness (QED) is 0.610. The van der Waals surface area contributed by atoms with Gasteiger partial charge in [0.25, 0.3) is 0 Å². The summed E-state index contributed by atoms with van der Waals surface area (Å²) >= 11 is 0. The number of carboxylic acids is 1. The lowest BCUT2D eigenvalue weighted by Crippen LogP contribution is -2.40. The van der Waals surface area contributed by atoms with Gasteiger partial charge in [-0.2, -0.15) is 0 Å². The smallest absolute Gasteiger partial charge is 0.330 e. The molecule has 6 heteroatoms. The average Bonchev–Trinajstić information content (AvgIpc) is 2.52. The first kappa shape index (κ1) is 20.0. The Morgan fingerprint density at radius 2 is 1.71 bits per heavy atom. The topological polar surface area (TPSA) is 95.9 Å². The third kappa shape index (κ3) is 5.85. The van der Waals surface area contributed by atoms with Gasteiger partial charge in [0.2, 0.25) is 5.91 Å². The molecule has 1 aromatic carbocycles. The summed E-state index contributed by atoms with van der Waals surface area (Å²) in [7, 11) is 1.52. The van der Waals surface area contributed by atoms with Gasteiger partial charge in [0, 0.05) is 0 Å². The minimum Gasteiger partial charge on any atom is -0.497 e. The molecule has 0 heterocycles. The van der Waals surface area contributed by atoms with Crippen LogP contribution >= 0.6 is 0 Å². The van der Waals surface area contributed by atoms with E-state index in [1.54, 1.807) is 24.3 Å². The van der Waals surface area contributed by atoms with Crippen molar-refractivity contribution >= 4 is 11.9 Å². The van der Waals surface area contributed by atoms with Crippen molar-refractivity contribution < 1.29 is 24.5 Å². The highest BCUT2D eigenvalue weighted by Crippen LogP contribution is 2.24. The molecule has 1 unspecified atom stereocenters. The maximum absolute atomic E-state index is 12.3. The second-order valence-electron chi connectivity index (χ2n) is 6.01. The summed E-state index contributed by atoms with van der Waals surface area (Å²) in [6.07, 6.45) is 2.42. The molecule has 0 aliphatic rings. The highest BCUT2D eigenvalue weighted by molar-refractivity contribution is 5.85. The normalized spacial score (nSPS) is 12.5. The van der Waals surface area contributed by atoms with Gasteiger partial charge < -0.3 is 20.3 Å². The molecule has 3 N–H and O–H groups in total. The van der Waals surface area contributed by atoms with E-state index < -0.39 is 23.5 Å². The molecule has 1 rings (SSSR count). The van der Waals surface area contributed by atoms with E-state index in [1.807, 2.05) is 13.8 Å². The van der Waals surface area contributed by atoms with Gasteiger partial charge in [-0.3, -0.25) is 4.79 Å². The SMILES string of the molecule is CCCC(O)(CCC)CC(=O)NC(C(=O)O)c1ccc(OC)cc1. The molecule has 1 amide bonds. The van der Waals surface area contributed by atoms with Gasteiger partial charge in [0.05, 0.1) is 19.1 Å². The fraction of sp³-hybridized carbons (Fsp3) is 0.556. The van der Waals surface area contributed by atoms with Crippen LogP contribution in [0.25, 0.3) is 0 Å². The Labute approximate surface area is 142 Å². The number of amides is 1. The summed E-state index contributed by atoms with van der Waals surface area (Å²) < 4.78 is 5.04. The molecule has 1 aromatic rings. The van der Waals surface area contributed by atoms with Gasteiger partial charge in [-0.1, -0.05) is 38.8 Å². The van der Waals surface area contributed by atoms with Crippen LogP contribution in [-0.2, 0) is 9.59 Å². The molecule has 0 radical (unpaired) electrons. The number of rotatable bonds is 10. The van der Waals surface area contributed by atoms with E-state index in [0.29, 0.717) is 24.2 Å². The largest absolute Gasteiger partial charge is 0.497 e. The highest BCUT2D eigenvalue weighted by atomic mass is 16.5. The lowest BCUT2D eigenvalue weighted by molar-refractivity contribution is -0.143. The van der Waals surface area contributed by atoms with Crippen LogP contribution in [-0.4, -0.2) is 34.8 Å². The number of carboxylic acid groups (broad SMARTS) is 1. The minimum atomic E-state index is -1.16. The van der Waals surface area contributed by atoms with Crippen molar-refractivity contribution in [3.8, 4) is 5.75 Å². The second-order valence-corrected chi connectivity index (χ2v) is 6.01. The van der Waals surface area contributed by atoms with Gasteiger partial charge in [0.1, 0.15) is 5.75 Å². The number of carbonyl (C=O) groups is 2. The summed E-state index contributed by atoms with van der Waals surface area (Å²) in [5, 5.41) is 22.4. The standard InChI is InChI=1S/C18H27NO5/c1-4-10-18(23,11-5-2)12-15(20)19-16(17(21)22)13-6-8-14(24-3)9-7-13/h6-9,16,23H,4-5,10-12H2,1-3H3,(H,19,20)(H,21,22). The van der Waals surface area contributed by atoms with Crippen LogP contribution in [0, 0.1) is 0 Å². The highest BCUT2D eigenvalue weighted by Gasteiger charge is 2.30. The summed E-state index contributed by atoms with van der Waals surface area (Å²) in [6, 6.07) is 5.32. The van der Waals surface area contributed by atoms with Gasteiger partial charge >= 0.3 is 5.97 Å². The number of hydrogen-bond acceptors (Lipinski definition) is 4. The van der Waals surface area contributed by atoms with Gasteiger partial charge in [-0.15, -0.1) is 0 Å². The molecule has 0 bridgehead atoms. The fourth-order valence-electron chi connectivity index (χ4n) is 2.83. The van der Waals surface area contributed by atoms with Crippen molar-refractivity contribution in [1.82, 2.24) is 5.32 Å². The van der Waals surface area contributed by atoms with Gasteiger partial charge in [-0.25, -0.2) is 4.79 Å². The predicted octanol–water partition coefficient (Wildman–Crippen LogP) is 2.66. The van der Waals surface area contributed by atoms with E-state index in [4.69, 9.17) is 4.74 Å². The van der Waals surface area contributed by atoms with E-state index in [0.717, 1.165) is 12.8 Å². The fourth-order valence-corrected chi connectivity index (χ4v) is 2.83. The number of carbonyl (C=O) groups excluding carboxylic acids is 1. The van der Waals surface area contributed by atoms with E-state index in [1.165, 1.54) is 7.11 Å². The van der Waals surface area contributed by atoms with Crippen LogP contribution in [0.3, 0.4) is 0 Å². The van der Waals surface area contributed by atoms with Crippen LogP contribution in [0.5, 0.6) is 5.75 Å². The lowest BCUT2D eigenvalue weighted by Gasteiger charge is -2.27. The Bertz CT molecular complexity index is 535. The number of hydrogen-bond donors (Lipinski definition) is 3. The number of ether oxygens (including phenoxy) is 1. The van der Waals surface area contributed by atoms with Gasteiger partial charge in [0.15, 0.2) is 6.04 Å². The van der Waals surface area contributed by atoms with Crippen LogP contribution in [0.15, 0.2) is 24.3 Å². The van der Waals surface area contributed by atoms with Gasteiger partial charge in [-0.05, 0) is 30.5 Å².